The molecule has 0 bridgehead atoms. The van der Waals surface area contributed by atoms with E-state index in [0.717, 1.165) is 27.0 Å². The highest BCUT2D eigenvalue weighted by molar-refractivity contribution is 9.10. The van der Waals surface area contributed by atoms with Crippen LogP contribution in [-0.4, -0.2) is 33.8 Å². The van der Waals surface area contributed by atoms with Crippen molar-refractivity contribution < 1.29 is 9.47 Å². The molecule has 0 aliphatic heterocycles. The number of hydrogen-bond acceptors (Lipinski definition) is 7. The summed E-state index contributed by atoms with van der Waals surface area (Å²) in [6, 6.07) is 30.0. The molecule has 7 aromatic rings. The molecule has 0 unspecified atom stereocenters. The summed E-state index contributed by atoms with van der Waals surface area (Å²) in [6.45, 7) is 3.69. The van der Waals surface area contributed by atoms with Crippen LogP contribution in [0.5, 0.6) is 23.3 Å². The average molecular weight is 637 g/mol. The van der Waals surface area contributed by atoms with Crippen molar-refractivity contribution in [2.45, 2.75) is 13.8 Å². The molecule has 0 aliphatic carbocycles. The molecular weight excluding hydrogens is 610 g/mol. The van der Waals surface area contributed by atoms with Crippen LogP contribution in [0.3, 0.4) is 0 Å². The largest absolute Gasteiger partial charge is 0.438 e. The second-order valence-corrected chi connectivity index (χ2v) is 10.4. The fourth-order valence-electron chi connectivity index (χ4n) is 4.40. The van der Waals surface area contributed by atoms with E-state index < -0.39 is 0 Å². The number of ether oxygens (including phenoxy) is 2. The Bertz CT molecular complexity index is 2110. The zero-order valence-corrected chi connectivity index (χ0v) is 25.1. The van der Waals surface area contributed by atoms with E-state index in [4.69, 9.17) is 9.47 Å². The minimum Gasteiger partial charge on any atom is -0.438 e. The highest BCUT2D eigenvalue weighted by atomic mass is 79.9. The van der Waals surface area contributed by atoms with E-state index in [-0.39, 0.29) is 5.56 Å². The Labute approximate surface area is 254 Å². The molecule has 0 saturated carbocycles. The van der Waals surface area contributed by atoms with Crippen molar-refractivity contribution in [3.63, 3.8) is 0 Å². The van der Waals surface area contributed by atoms with Gasteiger partial charge >= 0.3 is 0 Å². The lowest BCUT2D eigenvalue weighted by atomic mass is 10.1. The van der Waals surface area contributed by atoms with Crippen molar-refractivity contribution in [2.24, 2.45) is 7.05 Å². The van der Waals surface area contributed by atoms with Crippen LogP contribution in [-0.2, 0) is 7.05 Å². The molecule has 0 radical (unpaired) electrons. The topological polar surface area (TPSA) is 101 Å². The minimum absolute atomic E-state index is 0.0630. The molecule has 5 heterocycles. The minimum atomic E-state index is -0.0630. The van der Waals surface area contributed by atoms with Gasteiger partial charge in [0.25, 0.3) is 0 Å². The number of aryl methyl sites for hydroxylation is 3. The number of hydrogen-bond donors (Lipinski definition) is 0. The maximum atomic E-state index is 11.7. The molecule has 0 fully saturated rings. The first kappa shape index (κ1) is 27.9. The van der Waals surface area contributed by atoms with Crippen LogP contribution < -0.4 is 15.0 Å². The molecule has 0 atom stereocenters. The molecule has 0 spiro atoms. The monoisotopic (exact) mass is 635 g/mol. The fourth-order valence-corrected chi connectivity index (χ4v) is 4.79. The lowest BCUT2D eigenvalue weighted by Crippen LogP contribution is -2.14. The van der Waals surface area contributed by atoms with Crippen LogP contribution in [0, 0.1) is 13.8 Å². The van der Waals surface area contributed by atoms with Gasteiger partial charge in [-0.05, 0) is 84.4 Å². The van der Waals surface area contributed by atoms with Gasteiger partial charge < -0.3 is 14.0 Å². The summed E-state index contributed by atoms with van der Waals surface area (Å²) in [7, 11) is 1.72. The molecule has 7 rings (SSSR count). The van der Waals surface area contributed by atoms with Crippen molar-refractivity contribution >= 4 is 27.2 Å². The van der Waals surface area contributed by atoms with Gasteiger partial charge in [-0.1, -0.05) is 36.4 Å². The molecule has 0 saturated heterocycles. The second kappa shape index (κ2) is 11.9. The molecular formula is C32H26BrN7O3. The zero-order chi connectivity index (χ0) is 29.9. The smallest absolute Gasteiger partial charge is 0.250 e. The van der Waals surface area contributed by atoms with E-state index in [9.17, 15) is 4.79 Å². The number of pyridine rings is 3. The first-order valence-corrected chi connectivity index (χ1v) is 14.2. The van der Waals surface area contributed by atoms with Crippen LogP contribution in [0.25, 0.3) is 22.4 Å². The normalized spacial score (nSPS) is 10.9. The van der Waals surface area contributed by atoms with E-state index in [0.29, 0.717) is 34.8 Å². The van der Waals surface area contributed by atoms with Crippen molar-refractivity contribution in [2.75, 3.05) is 0 Å². The standard InChI is InChI=1S/C19H16N4O2.C13H10BrN3O/c1-13-20-17-10-9-16(14-8-11-18(24)22(2)12-14)19(23(17)21-13)25-15-6-4-3-5-7-15;1-9-15-12-8-7-11(14)13(17(12)16-9)18-10-5-3-2-4-6-10/h3-12H,1-2H3;2-8H,1H3. The predicted octanol–water partition coefficient (Wildman–Crippen LogP) is 6.79. The van der Waals surface area contributed by atoms with Gasteiger partial charge in [-0.3, -0.25) is 4.79 Å². The van der Waals surface area contributed by atoms with Gasteiger partial charge in [0.2, 0.25) is 17.3 Å². The molecule has 0 aliphatic rings. The fraction of sp³-hybridized carbons (Fsp3) is 0.0938. The Morgan fingerprint density at radius 2 is 1.19 bits per heavy atom. The Hall–Kier alpha value is -5.29. The molecule has 0 N–H and O–H groups in total. The molecule has 2 aromatic carbocycles. The Balaban J connectivity index is 0.000000162. The number of fused-ring (bicyclic) bond motifs is 2. The van der Waals surface area contributed by atoms with E-state index >= 15 is 0 Å². The van der Waals surface area contributed by atoms with Crippen LogP contribution in [0.15, 0.2) is 113 Å². The third-order valence-corrected chi connectivity index (χ3v) is 6.99. The summed E-state index contributed by atoms with van der Waals surface area (Å²) < 4.78 is 17.7. The third kappa shape index (κ3) is 6.02. The molecule has 10 nitrogen and oxygen atoms in total. The average Bonchev–Trinajstić information content (AvgIpc) is 3.59. The van der Waals surface area contributed by atoms with Gasteiger partial charge in [-0.15, -0.1) is 10.2 Å². The molecule has 5 aromatic heterocycles. The summed E-state index contributed by atoms with van der Waals surface area (Å²) in [5, 5.41) is 8.77. The summed E-state index contributed by atoms with van der Waals surface area (Å²) in [6.07, 6.45) is 1.78. The van der Waals surface area contributed by atoms with Gasteiger partial charge in [-0.2, -0.15) is 9.03 Å². The molecule has 214 valence electrons. The highest BCUT2D eigenvalue weighted by Crippen LogP contribution is 2.33. The van der Waals surface area contributed by atoms with Crippen LogP contribution in [0.2, 0.25) is 0 Å². The molecule has 43 heavy (non-hydrogen) atoms. The summed E-state index contributed by atoms with van der Waals surface area (Å²) in [5.74, 6) is 4.02. The first-order valence-electron chi connectivity index (χ1n) is 13.4. The van der Waals surface area contributed by atoms with Gasteiger partial charge in [0.15, 0.2) is 11.3 Å². The highest BCUT2D eigenvalue weighted by Gasteiger charge is 2.15. The quantitative estimate of drug-likeness (QED) is 0.205. The number of benzene rings is 2. The zero-order valence-electron chi connectivity index (χ0n) is 23.5. The lowest BCUT2D eigenvalue weighted by molar-refractivity contribution is 0.443. The van der Waals surface area contributed by atoms with E-state index in [1.165, 1.54) is 0 Å². The van der Waals surface area contributed by atoms with Crippen LogP contribution in [0.4, 0.5) is 0 Å². The summed E-state index contributed by atoms with van der Waals surface area (Å²) in [5.41, 5.74) is 3.10. The van der Waals surface area contributed by atoms with Gasteiger partial charge in [0, 0.05) is 30.4 Å². The lowest BCUT2D eigenvalue weighted by Gasteiger charge is -2.13. The number of rotatable bonds is 5. The van der Waals surface area contributed by atoms with Crippen LogP contribution >= 0.6 is 15.9 Å². The van der Waals surface area contributed by atoms with E-state index in [2.05, 4.69) is 36.1 Å². The van der Waals surface area contributed by atoms with Crippen molar-refractivity contribution in [3.05, 3.63) is 130 Å². The predicted molar refractivity (Wildman–Crippen MR) is 167 cm³/mol. The Kier molecular flexibility index (Phi) is 7.71. The van der Waals surface area contributed by atoms with Crippen LogP contribution in [0.1, 0.15) is 11.6 Å². The number of halogens is 1. The van der Waals surface area contributed by atoms with Crippen molar-refractivity contribution in [1.29, 1.82) is 0 Å². The second-order valence-electron chi connectivity index (χ2n) is 9.59. The number of nitrogens with zero attached hydrogens (tertiary/aromatic N) is 7. The Morgan fingerprint density at radius 3 is 1.77 bits per heavy atom. The molecule has 11 heteroatoms. The van der Waals surface area contributed by atoms with Gasteiger partial charge in [-0.25, -0.2) is 9.97 Å². The SMILES string of the molecule is Cc1nc2ccc(-c3ccc(=O)n(C)c3)c(Oc3ccccc3)n2n1.Cc1nc2ccc(Br)c(Oc3ccccc3)n2n1. The maximum absolute atomic E-state index is 11.7. The Morgan fingerprint density at radius 1 is 0.651 bits per heavy atom. The van der Waals surface area contributed by atoms with Gasteiger partial charge in [0.05, 0.1) is 4.47 Å². The van der Waals surface area contributed by atoms with Gasteiger partial charge in [0.1, 0.15) is 23.1 Å². The third-order valence-electron chi connectivity index (χ3n) is 6.39. The van der Waals surface area contributed by atoms with E-state index in [1.54, 1.807) is 39.0 Å². The summed E-state index contributed by atoms with van der Waals surface area (Å²) >= 11 is 3.47. The van der Waals surface area contributed by atoms with Crippen molar-refractivity contribution in [3.8, 4) is 34.4 Å². The van der Waals surface area contributed by atoms with Crippen molar-refractivity contribution in [1.82, 2.24) is 33.8 Å². The molecule has 0 amide bonds. The number of aromatic nitrogens is 7. The summed E-state index contributed by atoms with van der Waals surface area (Å²) in [4.78, 5) is 20.4. The maximum Gasteiger partial charge on any atom is 0.250 e. The van der Waals surface area contributed by atoms with E-state index in [1.807, 2.05) is 98.8 Å². The first-order chi connectivity index (χ1) is 20.9. The number of para-hydroxylation sites is 2.